The molecule has 3 heteroatoms. The topological polar surface area (TPSA) is 39.1 Å². The zero-order valence-electron chi connectivity index (χ0n) is 13.3. The minimum Gasteiger partial charge on any atom is -0.302 e. The van der Waals surface area contributed by atoms with Crippen molar-refractivity contribution in [2.24, 2.45) is 5.92 Å². The minimum absolute atomic E-state index is 0.266. The van der Waals surface area contributed by atoms with Crippen LogP contribution in [0.3, 0.4) is 0 Å². The Morgan fingerprint density at radius 1 is 1.25 bits per heavy atom. The van der Waals surface area contributed by atoms with E-state index >= 15 is 0 Å². The Bertz CT molecular complexity index is 336. The van der Waals surface area contributed by atoms with E-state index in [0.717, 1.165) is 18.8 Å². The molecule has 0 spiro atoms. The van der Waals surface area contributed by atoms with Crippen LogP contribution >= 0.6 is 0 Å². The summed E-state index contributed by atoms with van der Waals surface area (Å²) in [6.45, 7) is 4.80. The van der Waals surface area contributed by atoms with Crippen LogP contribution in [0, 0.1) is 17.2 Å². The molecule has 20 heavy (non-hydrogen) atoms. The molecule has 1 aliphatic heterocycles. The maximum Gasteiger partial charge on any atom is 0.108 e. The molecule has 1 saturated carbocycles. The largest absolute Gasteiger partial charge is 0.302 e. The van der Waals surface area contributed by atoms with Crippen molar-refractivity contribution in [1.82, 2.24) is 10.2 Å². The molecule has 3 nitrogen and oxygen atoms in total. The predicted molar refractivity (Wildman–Crippen MR) is 83.5 cm³/mol. The van der Waals surface area contributed by atoms with E-state index in [0.29, 0.717) is 6.04 Å². The van der Waals surface area contributed by atoms with Crippen molar-refractivity contribution in [2.75, 3.05) is 20.1 Å². The highest BCUT2D eigenvalue weighted by atomic mass is 15.2. The summed E-state index contributed by atoms with van der Waals surface area (Å²) in [5, 5.41) is 12.8. The molecule has 0 radical (unpaired) electrons. The SMILES string of the molecule is CCCC1CCCN(C2CCCC(C#N)(NC)C2)CC1. The van der Waals surface area contributed by atoms with Crippen LogP contribution in [0.4, 0.5) is 0 Å². The van der Waals surface area contributed by atoms with Crippen molar-refractivity contribution in [3.05, 3.63) is 0 Å². The molecule has 0 aromatic carbocycles. The van der Waals surface area contributed by atoms with E-state index in [1.807, 2.05) is 7.05 Å². The zero-order chi connectivity index (χ0) is 14.4. The van der Waals surface area contributed by atoms with Crippen molar-refractivity contribution in [2.45, 2.75) is 76.3 Å². The van der Waals surface area contributed by atoms with E-state index in [1.54, 1.807) is 0 Å². The van der Waals surface area contributed by atoms with Gasteiger partial charge >= 0.3 is 0 Å². The lowest BCUT2D eigenvalue weighted by Gasteiger charge is -2.41. The normalized spacial score (nSPS) is 36.2. The maximum absolute atomic E-state index is 9.49. The van der Waals surface area contributed by atoms with Gasteiger partial charge in [-0.3, -0.25) is 0 Å². The maximum atomic E-state index is 9.49. The van der Waals surface area contributed by atoms with Gasteiger partial charge in [-0.15, -0.1) is 0 Å². The first kappa shape index (κ1) is 15.8. The third kappa shape index (κ3) is 3.74. The molecule has 3 atom stereocenters. The van der Waals surface area contributed by atoms with Gasteiger partial charge in [-0.1, -0.05) is 19.8 Å². The summed E-state index contributed by atoms with van der Waals surface area (Å²) in [7, 11) is 1.95. The molecule has 0 aromatic heterocycles. The van der Waals surface area contributed by atoms with Gasteiger partial charge in [-0.25, -0.2) is 0 Å². The van der Waals surface area contributed by atoms with Gasteiger partial charge in [0.25, 0.3) is 0 Å². The van der Waals surface area contributed by atoms with Crippen LogP contribution < -0.4 is 5.32 Å². The average molecular weight is 277 g/mol. The molecule has 1 heterocycles. The molecular formula is C17H31N3. The van der Waals surface area contributed by atoms with Crippen LogP contribution in [0.25, 0.3) is 0 Å². The summed E-state index contributed by atoms with van der Waals surface area (Å²) in [6.07, 6.45) is 11.3. The molecule has 0 amide bonds. The predicted octanol–water partition coefficient (Wildman–Crippen LogP) is 3.31. The lowest BCUT2D eigenvalue weighted by molar-refractivity contribution is 0.125. The van der Waals surface area contributed by atoms with Gasteiger partial charge in [-0.05, 0) is 71.0 Å². The van der Waals surface area contributed by atoms with E-state index in [9.17, 15) is 5.26 Å². The highest BCUT2D eigenvalue weighted by molar-refractivity contribution is 5.10. The number of hydrogen-bond acceptors (Lipinski definition) is 3. The van der Waals surface area contributed by atoms with E-state index < -0.39 is 0 Å². The van der Waals surface area contributed by atoms with Gasteiger partial charge in [-0.2, -0.15) is 5.26 Å². The van der Waals surface area contributed by atoms with Gasteiger partial charge in [0.15, 0.2) is 0 Å². The first-order chi connectivity index (χ1) is 9.73. The second kappa shape index (κ2) is 7.43. The molecule has 2 fully saturated rings. The second-order valence-corrected chi connectivity index (χ2v) is 6.82. The average Bonchev–Trinajstić information content (AvgIpc) is 2.73. The highest BCUT2D eigenvalue weighted by Gasteiger charge is 2.37. The van der Waals surface area contributed by atoms with Crippen LogP contribution in [-0.4, -0.2) is 36.6 Å². The molecular weight excluding hydrogens is 246 g/mol. The monoisotopic (exact) mass is 277 g/mol. The van der Waals surface area contributed by atoms with Gasteiger partial charge in [0.2, 0.25) is 0 Å². The Morgan fingerprint density at radius 3 is 2.80 bits per heavy atom. The quantitative estimate of drug-likeness (QED) is 0.857. The standard InChI is InChI=1S/C17H31N3/c1-3-6-15-7-5-11-20(12-9-15)16-8-4-10-17(13-16,14-18)19-2/h15-16,19H,3-13H2,1-2H3. The van der Waals surface area contributed by atoms with E-state index in [-0.39, 0.29) is 5.54 Å². The van der Waals surface area contributed by atoms with Crippen LogP contribution in [0.2, 0.25) is 0 Å². The first-order valence-corrected chi connectivity index (χ1v) is 8.57. The lowest BCUT2D eigenvalue weighted by Crippen LogP contribution is -2.51. The van der Waals surface area contributed by atoms with Crippen molar-refractivity contribution in [3.63, 3.8) is 0 Å². The number of hydrogen-bond donors (Lipinski definition) is 1. The Morgan fingerprint density at radius 2 is 2.10 bits per heavy atom. The van der Waals surface area contributed by atoms with E-state index in [2.05, 4.69) is 23.2 Å². The Balaban J connectivity index is 1.92. The Labute approximate surface area is 124 Å². The van der Waals surface area contributed by atoms with Crippen molar-refractivity contribution >= 4 is 0 Å². The second-order valence-electron chi connectivity index (χ2n) is 6.82. The smallest absolute Gasteiger partial charge is 0.108 e. The zero-order valence-corrected chi connectivity index (χ0v) is 13.3. The third-order valence-corrected chi connectivity index (χ3v) is 5.51. The molecule has 114 valence electrons. The summed E-state index contributed by atoms with van der Waals surface area (Å²) in [5.74, 6) is 0.943. The summed E-state index contributed by atoms with van der Waals surface area (Å²) in [5.41, 5.74) is -0.266. The lowest BCUT2D eigenvalue weighted by atomic mass is 9.79. The molecule has 0 bridgehead atoms. The summed E-state index contributed by atoms with van der Waals surface area (Å²) >= 11 is 0. The number of likely N-dealkylation sites (tertiary alicyclic amines) is 1. The summed E-state index contributed by atoms with van der Waals surface area (Å²) < 4.78 is 0. The van der Waals surface area contributed by atoms with Crippen molar-refractivity contribution in [1.29, 1.82) is 5.26 Å². The number of nitriles is 1. The third-order valence-electron chi connectivity index (χ3n) is 5.51. The molecule has 3 unspecified atom stereocenters. The summed E-state index contributed by atoms with van der Waals surface area (Å²) in [6, 6.07) is 3.16. The number of nitrogens with one attached hydrogen (secondary N) is 1. The van der Waals surface area contributed by atoms with Crippen LogP contribution in [-0.2, 0) is 0 Å². The van der Waals surface area contributed by atoms with E-state index in [1.165, 1.54) is 58.0 Å². The van der Waals surface area contributed by atoms with Gasteiger partial charge < -0.3 is 10.2 Å². The molecule has 1 aliphatic carbocycles. The molecule has 1 N–H and O–H groups in total. The molecule has 2 aliphatic rings. The fourth-order valence-corrected chi connectivity index (χ4v) is 4.19. The Kier molecular flexibility index (Phi) is 5.86. The van der Waals surface area contributed by atoms with E-state index in [4.69, 9.17) is 0 Å². The fourth-order valence-electron chi connectivity index (χ4n) is 4.19. The Hall–Kier alpha value is -0.590. The van der Waals surface area contributed by atoms with Crippen molar-refractivity contribution < 1.29 is 0 Å². The first-order valence-electron chi connectivity index (χ1n) is 8.57. The molecule has 1 saturated heterocycles. The van der Waals surface area contributed by atoms with Gasteiger partial charge in [0.05, 0.1) is 6.07 Å². The summed E-state index contributed by atoms with van der Waals surface area (Å²) in [4.78, 5) is 2.69. The molecule has 0 aromatic rings. The highest BCUT2D eigenvalue weighted by Crippen LogP contribution is 2.32. The minimum atomic E-state index is -0.266. The van der Waals surface area contributed by atoms with Crippen LogP contribution in [0.15, 0.2) is 0 Å². The van der Waals surface area contributed by atoms with Crippen LogP contribution in [0.1, 0.15) is 64.7 Å². The molecule has 2 rings (SSSR count). The number of nitrogens with zero attached hydrogens (tertiary/aromatic N) is 2. The van der Waals surface area contributed by atoms with Gasteiger partial charge in [0.1, 0.15) is 5.54 Å². The van der Waals surface area contributed by atoms with Crippen LogP contribution in [0.5, 0.6) is 0 Å². The van der Waals surface area contributed by atoms with Gasteiger partial charge in [0, 0.05) is 6.04 Å². The van der Waals surface area contributed by atoms with Crippen molar-refractivity contribution in [3.8, 4) is 6.07 Å². The fraction of sp³-hybridized carbons (Fsp3) is 0.941. The number of rotatable bonds is 4.